The monoisotopic (exact) mass is 439 g/mol. The molecule has 8 heteroatoms. The van der Waals surface area contributed by atoms with Gasteiger partial charge in [-0.3, -0.25) is 19.2 Å². The number of carbonyl (C=O) groups excluding carboxylic acids is 4. The molecule has 1 unspecified atom stereocenters. The number of anilines is 1. The number of ketones is 2. The van der Waals surface area contributed by atoms with Crippen molar-refractivity contribution in [2.24, 2.45) is 11.8 Å². The first-order valence-electron chi connectivity index (χ1n) is 10.3. The molecule has 0 bridgehead atoms. The molecule has 0 aromatic heterocycles. The van der Waals surface area contributed by atoms with E-state index in [1.807, 2.05) is 0 Å². The fourth-order valence-electron chi connectivity index (χ4n) is 6.37. The van der Waals surface area contributed by atoms with Crippen molar-refractivity contribution in [3.05, 3.63) is 64.4 Å². The van der Waals surface area contributed by atoms with Crippen LogP contribution in [0.1, 0.15) is 33.6 Å². The van der Waals surface area contributed by atoms with Crippen molar-refractivity contribution in [2.45, 2.75) is 24.4 Å². The number of carbonyl (C=O) groups is 4. The maximum absolute atomic E-state index is 13.7. The van der Waals surface area contributed by atoms with E-state index in [0.29, 0.717) is 24.1 Å². The minimum Gasteiger partial charge on any atom is -0.313 e. The normalized spacial score (nSPS) is 30.3. The van der Waals surface area contributed by atoms with E-state index in [1.54, 1.807) is 24.3 Å². The molecule has 3 aliphatic heterocycles. The number of Topliss-reactive ketones (excluding diaryl/α,β-unsaturated/α-hetero) is 2. The standard InChI is InChI=1S/C23H16ClFN2O4/c24-14-10-11(7-8-15(14)25)27-21(30)17-16-6-3-9-26(16)23(18(17)22(27)31)19(28)12-4-1-2-5-13(12)20(23)29/h1-2,4-5,7-8,10,16-18H,3,6,9H2/p+1/t16-,17+,18-/m1/s1. The van der Waals surface area contributed by atoms with Crippen LogP contribution in [0.15, 0.2) is 42.5 Å². The number of nitrogens with zero attached hydrogens (tertiary/aromatic N) is 1. The van der Waals surface area contributed by atoms with Crippen molar-refractivity contribution in [1.82, 2.24) is 0 Å². The second kappa shape index (κ2) is 6.08. The highest BCUT2D eigenvalue weighted by atomic mass is 35.5. The van der Waals surface area contributed by atoms with Crippen LogP contribution in [0.25, 0.3) is 0 Å². The Morgan fingerprint density at radius 3 is 2.32 bits per heavy atom. The van der Waals surface area contributed by atoms with Gasteiger partial charge in [0.15, 0.2) is 0 Å². The average molecular weight is 440 g/mol. The predicted octanol–water partition coefficient (Wildman–Crippen LogP) is 1.46. The minimum absolute atomic E-state index is 0.154. The zero-order valence-corrected chi connectivity index (χ0v) is 17.0. The van der Waals surface area contributed by atoms with Crippen LogP contribution in [0, 0.1) is 17.7 Å². The van der Waals surface area contributed by atoms with Crippen LogP contribution < -0.4 is 9.80 Å². The number of nitrogens with one attached hydrogen (secondary N) is 1. The first-order chi connectivity index (χ1) is 14.9. The Balaban J connectivity index is 1.54. The molecular weight excluding hydrogens is 423 g/mol. The molecule has 0 radical (unpaired) electrons. The Morgan fingerprint density at radius 1 is 1.00 bits per heavy atom. The summed E-state index contributed by atoms with van der Waals surface area (Å²) in [6.07, 6.45) is 1.43. The number of imide groups is 1. The summed E-state index contributed by atoms with van der Waals surface area (Å²) in [5.74, 6) is -4.29. The van der Waals surface area contributed by atoms with Crippen LogP contribution in [0.3, 0.4) is 0 Å². The van der Waals surface area contributed by atoms with E-state index in [2.05, 4.69) is 0 Å². The van der Waals surface area contributed by atoms with Gasteiger partial charge in [0.25, 0.3) is 0 Å². The van der Waals surface area contributed by atoms with Gasteiger partial charge in [-0.2, -0.15) is 0 Å². The molecule has 6 rings (SSSR count). The van der Waals surface area contributed by atoms with Crippen LogP contribution in [-0.4, -0.2) is 41.5 Å². The fraction of sp³-hybridized carbons (Fsp3) is 0.304. The largest absolute Gasteiger partial charge is 0.313 e. The molecule has 3 heterocycles. The zero-order valence-electron chi connectivity index (χ0n) is 16.2. The molecule has 1 N–H and O–H groups in total. The highest BCUT2D eigenvalue weighted by molar-refractivity contribution is 6.37. The average Bonchev–Trinajstić information content (AvgIpc) is 3.45. The second-order valence-corrected chi connectivity index (χ2v) is 9.06. The summed E-state index contributed by atoms with van der Waals surface area (Å²) in [5.41, 5.74) is -0.827. The number of hydrogen-bond donors (Lipinski definition) is 1. The molecule has 2 amide bonds. The maximum atomic E-state index is 13.7. The SMILES string of the molecule is O=C1[C@H]2[C@H]3CCC[NH+]3C3(C(=O)c4ccccc4C3=O)[C@H]2C(=O)N1c1ccc(F)c(Cl)c1. The molecule has 4 atom stereocenters. The fourth-order valence-corrected chi connectivity index (χ4v) is 6.54. The first kappa shape index (κ1) is 18.8. The zero-order chi connectivity index (χ0) is 21.7. The van der Waals surface area contributed by atoms with E-state index in [0.717, 1.165) is 22.3 Å². The van der Waals surface area contributed by atoms with Crippen molar-refractivity contribution < 1.29 is 28.5 Å². The van der Waals surface area contributed by atoms with Gasteiger partial charge in [0.2, 0.25) is 28.9 Å². The molecule has 4 aliphatic rings. The lowest BCUT2D eigenvalue weighted by molar-refractivity contribution is -0.930. The Labute approximate surface area is 181 Å². The Morgan fingerprint density at radius 2 is 1.68 bits per heavy atom. The summed E-state index contributed by atoms with van der Waals surface area (Å²) >= 11 is 5.89. The Bertz CT molecular complexity index is 1190. The van der Waals surface area contributed by atoms with Crippen molar-refractivity contribution in [3.63, 3.8) is 0 Å². The van der Waals surface area contributed by atoms with Crippen molar-refractivity contribution in [1.29, 1.82) is 0 Å². The summed E-state index contributed by atoms with van der Waals surface area (Å²) in [6, 6.07) is 9.97. The summed E-state index contributed by atoms with van der Waals surface area (Å²) in [7, 11) is 0. The quantitative estimate of drug-likeness (QED) is 0.539. The number of halogens is 2. The van der Waals surface area contributed by atoms with E-state index < -0.39 is 35.0 Å². The van der Waals surface area contributed by atoms with Gasteiger partial charge in [-0.05, 0) is 18.2 Å². The van der Waals surface area contributed by atoms with Gasteiger partial charge in [0.05, 0.1) is 17.3 Å². The third-order valence-electron chi connectivity index (χ3n) is 7.46. The summed E-state index contributed by atoms with van der Waals surface area (Å²) in [5, 5.41) is -0.210. The summed E-state index contributed by atoms with van der Waals surface area (Å²) in [6.45, 7) is 0.562. The lowest BCUT2D eigenvalue weighted by Crippen LogP contribution is -3.22. The van der Waals surface area contributed by atoms with Gasteiger partial charge in [0, 0.05) is 24.0 Å². The van der Waals surface area contributed by atoms with Crippen molar-refractivity contribution in [2.75, 3.05) is 11.4 Å². The predicted molar refractivity (Wildman–Crippen MR) is 108 cm³/mol. The highest BCUT2D eigenvalue weighted by Gasteiger charge is 2.80. The molecular formula is C23H17ClFN2O4+. The molecule has 156 valence electrons. The second-order valence-electron chi connectivity index (χ2n) is 8.65. The van der Waals surface area contributed by atoms with Gasteiger partial charge < -0.3 is 4.90 Å². The first-order valence-corrected chi connectivity index (χ1v) is 10.6. The molecule has 3 fully saturated rings. The van der Waals surface area contributed by atoms with E-state index in [4.69, 9.17) is 11.6 Å². The topological polar surface area (TPSA) is 76.0 Å². The molecule has 2 aromatic rings. The van der Waals surface area contributed by atoms with Crippen LogP contribution in [0.4, 0.5) is 10.1 Å². The van der Waals surface area contributed by atoms with E-state index in [-0.39, 0.29) is 28.3 Å². The molecule has 1 aliphatic carbocycles. The lowest BCUT2D eigenvalue weighted by atomic mass is 9.76. The van der Waals surface area contributed by atoms with Gasteiger partial charge in [-0.1, -0.05) is 35.9 Å². The molecule has 3 saturated heterocycles. The number of benzene rings is 2. The Kier molecular flexibility index (Phi) is 3.69. The number of rotatable bonds is 1. The molecule has 2 aromatic carbocycles. The van der Waals surface area contributed by atoms with Crippen LogP contribution in [0.2, 0.25) is 5.02 Å². The third kappa shape index (κ3) is 2.06. The number of fused-ring (bicyclic) bond motifs is 6. The molecule has 6 nitrogen and oxygen atoms in total. The molecule has 0 saturated carbocycles. The number of hydrogen-bond acceptors (Lipinski definition) is 4. The van der Waals surface area contributed by atoms with Gasteiger partial charge in [-0.25, -0.2) is 9.29 Å². The number of quaternary nitrogens is 1. The van der Waals surface area contributed by atoms with Crippen LogP contribution in [-0.2, 0) is 9.59 Å². The van der Waals surface area contributed by atoms with Crippen molar-refractivity contribution >= 4 is 40.7 Å². The smallest absolute Gasteiger partial charge is 0.245 e. The third-order valence-corrected chi connectivity index (χ3v) is 7.75. The number of amides is 2. The van der Waals surface area contributed by atoms with Gasteiger partial charge in [0.1, 0.15) is 23.7 Å². The lowest BCUT2D eigenvalue weighted by Gasteiger charge is -2.32. The highest BCUT2D eigenvalue weighted by Crippen LogP contribution is 2.49. The summed E-state index contributed by atoms with van der Waals surface area (Å²) < 4.78 is 13.7. The van der Waals surface area contributed by atoms with Crippen LogP contribution >= 0.6 is 11.6 Å². The maximum Gasteiger partial charge on any atom is 0.245 e. The van der Waals surface area contributed by atoms with Crippen molar-refractivity contribution in [3.8, 4) is 0 Å². The van der Waals surface area contributed by atoms with Gasteiger partial charge >= 0.3 is 0 Å². The minimum atomic E-state index is -1.61. The molecule has 1 spiro atoms. The van der Waals surface area contributed by atoms with E-state index in [9.17, 15) is 23.6 Å². The van der Waals surface area contributed by atoms with E-state index in [1.165, 1.54) is 12.1 Å². The summed E-state index contributed by atoms with van der Waals surface area (Å²) in [4.78, 5) is 56.3. The van der Waals surface area contributed by atoms with E-state index >= 15 is 0 Å². The van der Waals surface area contributed by atoms with Crippen LogP contribution in [0.5, 0.6) is 0 Å². The Hall–Kier alpha value is -2.90. The molecule has 31 heavy (non-hydrogen) atoms. The van der Waals surface area contributed by atoms with Gasteiger partial charge in [-0.15, -0.1) is 0 Å².